The standard InChI is InChI=1S/C16H21NO/c18-16(17-15-11-5-2-6-12-15)13-7-10-14-8-3-1-4-9-14/h1,3-4,7-10,15H,2,5-6,11-13H2,(H,17,18)/b10-7+. The summed E-state index contributed by atoms with van der Waals surface area (Å²) in [6, 6.07) is 10.5. The highest BCUT2D eigenvalue weighted by atomic mass is 16.1. The third-order valence-electron chi connectivity index (χ3n) is 3.38. The Morgan fingerprint density at radius 2 is 1.89 bits per heavy atom. The van der Waals surface area contributed by atoms with E-state index in [1.54, 1.807) is 0 Å². The molecule has 1 aliphatic rings. The molecule has 2 rings (SSSR count). The fourth-order valence-corrected chi connectivity index (χ4v) is 2.40. The van der Waals surface area contributed by atoms with Gasteiger partial charge < -0.3 is 5.32 Å². The van der Waals surface area contributed by atoms with E-state index in [1.165, 1.54) is 19.3 Å². The zero-order valence-corrected chi connectivity index (χ0v) is 10.8. The Bertz CT molecular complexity index is 391. The van der Waals surface area contributed by atoms with Crippen LogP contribution < -0.4 is 5.32 Å². The summed E-state index contributed by atoms with van der Waals surface area (Å²) in [6.07, 6.45) is 10.5. The van der Waals surface area contributed by atoms with E-state index < -0.39 is 0 Å². The molecule has 1 aromatic rings. The van der Waals surface area contributed by atoms with Crippen LogP contribution in [0.2, 0.25) is 0 Å². The van der Waals surface area contributed by atoms with E-state index in [1.807, 2.05) is 42.5 Å². The molecule has 2 heteroatoms. The maximum Gasteiger partial charge on any atom is 0.224 e. The van der Waals surface area contributed by atoms with Crippen molar-refractivity contribution >= 4 is 12.0 Å². The molecule has 0 bridgehead atoms. The molecule has 1 amide bonds. The molecule has 0 aromatic heterocycles. The van der Waals surface area contributed by atoms with Gasteiger partial charge in [-0.2, -0.15) is 0 Å². The summed E-state index contributed by atoms with van der Waals surface area (Å²) in [7, 11) is 0. The van der Waals surface area contributed by atoms with E-state index in [0.717, 1.165) is 18.4 Å². The van der Waals surface area contributed by atoms with Gasteiger partial charge in [-0.05, 0) is 18.4 Å². The molecule has 0 saturated heterocycles. The highest BCUT2D eigenvalue weighted by molar-refractivity contribution is 5.78. The molecule has 1 aromatic carbocycles. The zero-order valence-electron chi connectivity index (χ0n) is 10.8. The molecule has 96 valence electrons. The van der Waals surface area contributed by atoms with Crippen molar-refractivity contribution in [2.45, 2.75) is 44.6 Å². The first-order valence-corrected chi connectivity index (χ1v) is 6.85. The Morgan fingerprint density at radius 1 is 1.17 bits per heavy atom. The Hall–Kier alpha value is -1.57. The van der Waals surface area contributed by atoms with Gasteiger partial charge in [-0.25, -0.2) is 0 Å². The summed E-state index contributed by atoms with van der Waals surface area (Å²) < 4.78 is 0. The highest BCUT2D eigenvalue weighted by Crippen LogP contribution is 2.17. The van der Waals surface area contributed by atoms with Gasteiger partial charge >= 0.3 is 0 Å². The van der Waals surface area contributed by atoms with Gasteiger partial charge in [0.2, 0.25) is 5.91 Å². The number of carbonyl (C=O) groups excluding carboxylic acids is 1. The SMILES string of the molecule is O=C(C/C=C/c1ccccc1)NC1CCCCC1. The van der Waals surface area contributed by atoms with Crippen molar-refractivity contribution in [3.05, 3.63) is 42.0 Å². The van der Waals surface area contributed by atoms with Crippen LogP contribution in [0.3, 0.4) is 0 Å². The normalized spacial score (nSPS) is 16.9. The molecule has 1 N–H and O–H groups in total. The van der Waals surface area contributed by atoms with Crippen LogP contribution in [0.1, 0.15) is 44.1 Å². The molecule has 0 atom stereocenters. The molecule has 1 aliphatic carbocycles. The van der Waals surface area contributed by atoms with Crippen molar-refractivity contribution in [1.29, 1.82) is 0 Å². The minimum Gasteiger partial charge on any atom is -0.353 e. The van der Waals surface area contributed by atoms with Crippen molar-refractivity contribution in [2.75, 3.05) is 0 Å². The first-order chi connectivity index (χ1) is 8.84. The topological polar surface area (TPSA) is 29.1 Å². The summed E-state index contributed by atoms with van der Waals surface area (Å²) in [5, 5.41) is 3.11. The average molecular weight is 243 g/mol. The van der Waals surface area contributed by atoms with Crippen molar-refractivity contribution in [3.63, 3.8) is 0 Å². The Labute approximate surface area is 109 Å². The minimum atomic E-state index is 0.147. The van der Waals surface area contributed by atoms with Crippen molar-refractivity contribution < 1.29 is 4.79 Å². The molecular formula is C16H21NO. The lowest BCUT2D eigenvalue weighted by Crippen LogP contribution is -2.35. The monoisotopic (exact) mass is 243 g/mol. The smallest absolute Gasteiger partial charge is 0.224 e. The average Bonchev–Trinajstić information content (AvgIpc) is 2.41. The largest absolute Gasteiger partial charge is 0.353 e. The second kappa shape index (κ2) is 7.00. The van der Waals surface area contributed by atoms with Gasteiger partial charge in [-0.1, -0.05) is 61.7 Å². The first-order valence-electron chi connectivity index (χ1n) is 6.85. The third kappa shape index (κ3) is 4.36. The summed E-state index contributed by atoms with van der Waals surface area (Å²) in [4.78, 5) is 11.7. The van der Waals surface area contributed by atoms with Crippen LogP contribution in [0, 0.1) is 0 Å². The molecule has 0 heterocycles. The number of amides is 1. The van der Waals surface area contributed by atoms with Gasteiger partial charge in [-0.15, -0.1) is 0 Å². The van der Waals surface area contributed by atoms with E-state index in [0.29, 0.717) is 12.5 Å². The molecule has 1 fully saturated rings. The molecule has 0 spiro atoms. The highest BCUT2D eigenvalue weighted by Gasteiger charge is 2.14. The number of benzene rings is 1. The van der Waals surface area contributed by atoms with Gasteiger partial charge in [0.05, 0.1) is 0 Å². The minimum absolute atomic E-state index is 0.147. The summed E-state index contributed by atoms with van der Waals surface area (Å²) in [6.45, 7) is 0. The van der Waals surface area contributed by atoms with Gasteiger partial charge in [0, 0.05) is 12.5 Å². The van der Waals surface area contributed by atoms with E-state index in [4.69, 9.17) is 0 Å². The first kappa shape index (κ1) is 12.9. The van der Waals surface area contributed by atoms with Gasteiger partial charge in [0.15, 0.2) is 0 Å². The van der Waals surface area contributed by atoms with Crippen molar-refractivity contribution in [2.24, 2.45) is 0 Å². The second-order valence-corrected chi connectivity index (χ2v) is 4.92. The van der Waals surface area contributed by atoms with Gasteiger partial charge in [0.1, 0.15) is 0 Å². The lowest BCUT2D eigenvalue weighted by Gasteiger charge is -2.22. The van der Waals surface area contributed by atoms with Crippen molar-refractivity contribution in [1.82, 2.24) is 5.32 Å². The summed E-state index contributed by atoms with van der Waals surface area (Å²) in [5.41, 5.74) is 1.14. The molecule has 1 saturated carbocycles. The third-order valence-corrected chi connectivity index (χ3v) is 3.38. The maximum atomic E-state index is 11.7. The van der Waals surface area contributed by atoms with Crippen LogP contribution in [-0.4, -0.2) is 11.9 Å². The number of rotatable bonds is 4. The quantitative estimate of drug-likeness (QED) is 0.861. The van der Waals surface area contributed by atoms with E-state index in [2.05, 4.69) is 5.32 Å². The van der Waals surface area contributed by atoms with Crippen LogP contribution >= 0.6 is 0 Å². The number of carbonyl (C=O) groups is 1. The van der Waals surface area contributed by atoms with Crippen LogP contribution in [-0.2, 0) is 4.79 Å². The number of hydrogen-bond donors (Lipinski definition) is 1. The number of hydrogen-bond acceptors (Lipinski definition) is 1. The molecule has 0 aliphatic heterocycles. The second-order valence-electron chi connectivity index (χ2n) is 4.92. The predicted molar refractivity (Wildman–Crippen MR) is 75.1 cm³/mol. The Kier molecular flexibility index (Phi) is 5.00. The number of nitrogens with one attached hydrogen (secondary N) is 1. The Morgan fingerprint density at radius 3 is 2.61 bits per heavy atom. The van der Waals surface area contributed by atoms with Crippen LogP contribution in [0.5, 0.6) is 0 Å². The molecular weight excluding hydrogens is 222 g/mol. The van der Waals surface area contributed by atoms with E-state index in [-0.39, 0.29) is 5.91 Å². The van der Waals surface area contributed by atoms with Crippen LogP contribution in [0.4, 0.5) is 0 Å². The fourth-order valence-electron chi connectivity index (χ4n) is 2.40. The predicted octanol–water partition coefficient (Wildman–Crippen LogP) is 3.54. The zero-order chi connectivity index (χ0) is 12.6. The molecule has 0 radical (unpaired) electrons. The summed E-state index contributed by atoms with van der Waals surface area (Å²) in [5.74, 6) is 0.147. The fraction of sp³-hybridized carbons (Fsp3) is 0.438. The van der Waals surface area contributed by atoms with Gasteiger partial charge in [0.25, 0.3) is 0 Å². The maximum absolute atomic E-state index is 11.7. The lowest BCUT2D eigenvalue weighted by atomic mass is 9.95. The molecule has 2 nitrogen and oxygen atoms in total. The van der Waals surface area contributed by atoms with E-state index in [9.17, 15) is 4.79 Å². The van der Waals surface area contributed by atoms with Crippen LogP contribution in [0.15, 0.2) is 36.4 Å². The summed E-state index contributed by atoms with van der Waals surface area (Å²) >= 11 is 0. The van der Waals surface area contributed by atoms with E-state index >= 15 is 0 Å². The molecule has 18 heavy (non-hydrogen) atoms. The Balaban J connectivity index is 1.72. The van der Waals surface area contributed by atoms with Gasteiger partial charge in [-0.3, -0.25) is 4.79 Å². The molecule has 0 unspecified atom stereocenters. The van der Waals surface area contributed by atoms with Crippen LogP contribution in [0.25, 0.3) is 6.08 Å². The lowest BCUT2D eigenvalue weighted by molar-refractivity contribution is -0.121. The van der Waals surface area contributed by atoms with Crippen molar-refractivity contribution in [3.8, 4) is 0 Å².